The van der Waals surface area contributed by atoms with E-state index >= 15 is 0 Å². The van der Waals surface area contributed by atoms with Gasteiger partial charge in [-0.1, -0.05) is 116 Å². The molecule has 210 valence electrons. The average molecular weight is 507 g/mol. The first-order chi connectivity index (χ1) is 17.5. The molecule has 0 aromatic heterocycles. The number of rotatable bonds is 28. The zero-order chi connectivity index (χ0) is 26.7. The molecule has 0 aliphatic carbocycles. The van der Waals surface area contributed by atoms with Gasteiger partial charge >= 0.3 is 5.97 Å². The summed E-state index contributed by atoms with van der Waals surface area (Å²) in [5.74, 6) is -1.12. The van der Waals surface area contributed by atoms with Crippen LogP contribution in [0.4, 0.5) is 0 Å². The van der Waals surface area contributed by atoms with Crippen LogP contribution < -0.4 is 10.6 Å². The van der Waals surface area contributed by atoms with Crippen molar-refractivity contribution < 1.29 is 14.7 Å². The van der Waals surface area contributed by atoms with Crippen LogP contribution in [0.1, 0.15) is 148 Å². The van der Waals surface area contributed by atoms with Gasteiger partial charge in [0.1, 0.15) is 6.04 Å². The topological polar surface area (TPSA) is 78.4 Å². The molecular weight excluding hydrogens is 448 g/mol. The predicted octanol–water partition coefficient (Wildman–Crippen LogP) is 8.45. The second-order valence-electron chi connectivity index (χ2n) is 10.4. The van der Waals surface area contributed by atoms with E-state index in [0.29, 0.717) is 19.3 Å². The molecule has 0 saturated heterocycles. The lowest BCUT2D eigenvalue weighted by molar-refractivity contribution is -0.142. The van der Waals surface area contributed by atoms with Crippen LogP contribution in [-0.4, -0.2) is 29.6 Å². The maximum absolute atomic E-state index is 12.2. The highest BCUT2D eigenvalue weighted by molar-refractivity contribution is 5.83. The third-order valence-corrected chi connectivity index (χ3v) is 6.84. The minimum atomic E-state index is -0.970. The molecule has 1 unspecified atom stereocenters. The fourth-order valence-electron chi connectivity index (χ4n) is 4.44. The average Bonchev–Trinajstić information content (AvgIpc) is 2.86. The fourth-order valence-corrected chi connectivity index (χ4v) is 4.44. The van der Waals surface area contributed by atoms with Crippen molar-refractivity contribution in [2.45, 2.75) is 154 Å². The Bertz CT molecular complexity index is 562. The fraction of sp³-hybridized carbons (Fsp3) is 0.806. The van der Waals surface area contributed by atoms with E-state index in [-0.39, 0.29) is 5.91 Å². The van der Waals surface area contributed by atoms with Crippen LogP contribution in [0.25, 0.3) is 0 Å². The molecule has 3 N–H and O–H groups in total. The quantitative estimate of drug-likeness (QED) is 0.0734. The molecule has 36 heavy (non-hydrogen) atoms. The Kier molecular flexibility index (Phi) is 25.0. The van der Waals surface area contributed by atoms with E-state index in [1.165, 1.54) is 89.9 Å². The Morgan fingerprint density at radius 3 is 1.75 bits per heavy atom. The minimum Gasteiger partial charge on any atom is -0.480 e. The summed E-state index contributed by atoms with van der Waals surface area (Å²) in [6, 6.07) is -0.839. The van der Waals surface area contributed by atoms with Crippen LogP contribution in [0.3, 0.4) is 0 Å². The van der Waals surface area contributed by atoms with Gasteiger partial charge in [0.05, 0.1) is 0 Å². The summed E-state index contributed by atoms with van der Waals surface area (Å²) in [6.07, 6.45) is 27.0. The lowest BCUT2D eigenvalue weighted by Gasteiger charge is -2.16. The monoisotopic (exact) mass is 506 g/mol. The summed E-state index contributed by atoms with van der Waals surface area (Å²) in [6.45, 7) is 10.8. The van der Waals surface area contributed by atoms with Crippen LogP contribution in [-0.2, 0) is 9.59 Å². The van der Waals surface area contributed by atoms with Gasteiger partial charge in [0.15, 0.2) is 0 Å². The summed E-state index contributed by atoms with van der Waals surface area (Å²) in [5, 5.41) is 15.4. The number of hydrogen-bond donors (Lipinski definition) is 3. The highest BCUT2D eigenvalue weighted by Gasteiger charge is 2.19. The zero-order valence-electron chi connectivity index (χ0n) is 23.6. The van der Waals surface area contributed by atoms with Gasteiger partial charge in [-0.2, -0.15) is 0 Å². The number of carboxylic acid groups (broad SMARTS) is 1. The summed E-state index contributed by atoms with van der Waals surface area (Å²) < 4.78 is 0. The molecule has 0 radical (unpaired) electrons. The van der Waals surface area contributed by atoms with E-state index in [2.05, 4.69) is 30.7 Å². The molecular formula is C31H58N2O3. The number of unbranched alkanes of at least 4 members (excludes halogenated alkanes) is 17. The highest BCUT2D eigenvalue weighted by Crippen LogP contribution is 2.14. The standard InChI is InChI=1S/C31H58N2O3/c1-4-6-8-10-11-12-13-14-15-16-17-18-19-20-21-22-24-30(34)33-29(31(35)36)26-25-28(3)32-27-23-9-7-5-2/h4,29,32H,1,3,5-27H2,2H3,(H,33,34)(H,35,36). The van der Waals surface area contributed by atoms with Gasteiger partial charge in [-0.15, -0.1) is 6.58 Å². The molecule has 0 fully saturated rings. The molecule has 5 nitrogen and oxygen atoms in total. The molecule has 0 aromatic rings. The Labute approximate surface area is 223 Å². The van der Waals surface area contributed by atoms with Crippen LogP contribution >= 0.6 is 0 Å². The third kappa shape index (κ3) is 23.9. The molecule has 0 aliphatic heterocycles. The van der Waals surface area contributed by atoms with Crippen LogP contribution in [0.15, 0.2) is 24.9 Å². The van der Waals surface area contributed by atoms with Crippen molar-refractivity contribution in [2.75, 3.05) is 6.54 Å². The Morgan fingerprint density at radius 1 is 0.750 bits per heavy atom. The number of hydrogen-bond acceptors (Lipinski definition) is 3. The van der Waals surface area contributed by atoms with Gasteiger partial charge in [0.2, 0.25) is 5.91 Å². The largest absolute Gasteiger partial charge is 0.480 e. The molecule has 0 heterocycles. The van der Waals surface area contributed by atoms with E-state index in [1.54, 1.807) is 0 Å². The number of carbonyl (C=O) groups is 2. The first kappa shape index (κ1) is 34.2. The first-order valence-corrected chi connectivity index (χ1v) is 15.1. The van der Waals surface area contributed by atoms with Gasteiger partial charge in [-0.3, -0.25) is 4.79 Å². The molecule has 5 heteroatoms. The van der Waals surface area contributed by atoms with Gasteiger partial charge in [0.25, 0.3) is 0 Å². The van der Waals surface area contributed by atoms with Gasteiger partial charge in [0, 0.05) is 18.7 Å². The van der Waals surface area contributed by atoms with E-state index in [9.17, 15) is 14.7 Å². The number of amides is 1. The van der Waals surface area contributed by atoms with Gasteiger partial charge < -0.3 is 15.7 Å². The molecule has 1 atom stereocenters. The predicted molar refractivity (Wildman–Crippen MR) is 154 cm³/mol. The van der Waals surface area contributed by atoms with Crippen LogP contribution in [0.2, 0.25) is 0 Å². The van der Waals surface area contributed by atoms with Crippen molar-refractivity contribution in [1.82, 2.24) is 10.6 Å². The van der Waals surface area contributed by atoms with E-state index < -0.39 is 12.0 Å². The van der Waals surface area contributed by atoms with Crippen molar-refractivity contribution in [3.05, 3.63) is 24.9 Å². The van der Waals surface area contributed by atoms with Crippen LogP contribution in [0, 0.1) is 0 Å². The van der Waals surface area contributed by atoms with Gasteiger partial charge in [-0.05, 0) is 38.5 Å². The number of nitrogens with one attached hydrogen (secondary N) is 2. The Balaban J connectivity index is 3.63. The molecule has 0 aromatic carbocycles. The number of aliphatic carboxylic acids is 1. The molecule has 0 spiro atoms. The van der Waals surface area contributed by atoms with E-state index in [0.717, 1.165) is 44.3 Å². The normalized spacial score (nSPS) is 11.7. The smallest absolute Gasteiger partial charge is 0.326 e. The molecule has 0 bridgehead atoms. The number of allylic oxidation sites excluding steroid dienone is 2. The Hall–Kier alpha value is -1.78. The number of carboxylic acids is 1. The summed E-state index contributed by atoms with van der Waals surface area (Å²) >= 11 is 0. The van der Waals surface area contributed by atoms with E-state index in [1.807, 2.05) is 6.08 Å². The maximum Gasteiger partial charge on any atom is 0.326 e. The summed E-state index contributed by atoms with van der Waals surface area (Å²) in [5.41, 5.74) is 0.849. The van der Waals surface area contributed by atoms with Crippen molar-refractivity contribution in [1.29, 1.82) is 0 Å². The molecule has 0 aliphatic rings. The SMILES string of the molecule is C=CCCCCCCCCCCCCCCCCC(=O)NC(CCC(=C)NCCCCCC)C(=O)O. The maximum atomic E-state index is 12.2. The lowest BCUT2D eigenvalue weighted by atomic mass is 10.0. The molecule has 0 saturated carbocycles. The molecule has 1 amide bonds. The first-order valence-electron chi connectivity index (χ1n) is 15.1. The zero-order valence-corrected chi connectivity index (χ0v) is 23.6. The lowest BCUT2D eigenvalue weighted by Crippen LogP contribution is -2.40. The second kappa shape index (κ2) is 26.3. The minimum absolute atomic E-state index is 0.152. The van der Waals surface area contributed by atoms with E-state index in [4.69, 9.17) is 0 Å². The van der Waals surface area contributed by atoms with Crippen molar-refractivity contribution in [2.24, 2.45) is 0 Å². The highest BCUT2D eigenvalue weighted by atomic mass is 16.4. The second-order valence-corrected chi connectivity index (χ2v) is 10.4. The number of carbonyl (C=O) groups excluding carboxylic acids is 1. The van der Waals surface area contributed by atoms with Gasteiger partial charge in [-0.25, -0.2) is 4.79 Å². The van der Waals surface area contributed by atoms with Crippen LogP contribution in [0.5, 0.6) is 0 Å². The van der Waals surface area contributed by atoms with Crippen molar-refractivity contribution in [3.63, 3.8) is 0 Å². The summed E-state index contributed by atoms with van der Waals surface area (Å²) in [7, 11) is 0. The van der Waals surface area contributed by atoms with Crippen molar-refractivity contribution in [3.8, 4) is 0 Å². The molecule has 0 rings (SSSR count). The third-order valence-electron chi connectivity index (χ3n) is 6.84. The van der Waals surface area contributed by atoms with Crippen molar-refractivity contribution >= 4 is 11.9 Å². The Morgan fingerprint density at radius 2 is 1.25 bits per heavy atom. The summed E-state index contributed by atoms with van der Waals surface area (Å²) in [4.78, 5) is 23.7.